The van der Waals surface area contributed by atoms with Crippen molar-refractivity contribution >= 4 is 11.6 Å². The van der Waals surface area contributed by atoms with Crippen molar-refractivity contribution in [2.24, 2.45) is 5.41 Å². The molecule has 0 aromatic carbocycles. The van der Waals surface area contributed by atoms with E-state index in [1.165, 1.54) is 0 Å². The molecular formula is C8H18ClN. The normalized spacial score (nSPS) is 15.3. The highest BCUT2D eigenvalue weighted by Crippen LogP contribution is 2.10. The summed E-state index contributed by atoms with van der Waals surface area (Å²) in [6.07, 6.45) is 0. The van der Waals surface area contributed by atoms with Gasteiger partial charge in [0.15, 0.2) is 0 Å². The molecule has 0 aliphatic rings. The first kappa shape index (κ1) is 10.2. The minimum absolute atomic E-state index is 0.361. The largest absolute Gasteiger partial charge is 0.313 e. The van der Waals surface area contributed by atoms with Gasteiger partial charge in [0.05, 0.1) is 0 Å². The summed E-state index contributed by atoms with van der Waals surface area (Å²) in [7, 11) is 0. The Labute approximate surface area is 69.1 Å². The van der Waals surface area contributed by atoms with Gasteiger partial charge in [-0.1, -0.05) is 20.8 Å². The summed E-state index contributed by atoms with van der Waals surface area (Å²) in [4.78, 5) is 0. The zero-order chi connectivity index (χ0) is 8.20. The van der Waals surface area contributed by atoms with E-state index in [0.717, 1.165) is 6.54 Å². The van der Waals surface area contributed by atoms with E-state index in [1.54, 1.807) is 0 Å². The van der Waals surface area contributed by atoms with Gasteiger partial charge in [0, 0.05) is 18.5 Å². The Morgan fingerprint density at radius 2 is 1.90 bits per heavy atom. The first-order valence-corrected chi connectivity index (χ1v) is 4.28. The molecule has 1 atom stereocenters. The van der Waals surface area contributed by atoms with Gasteiger partial charge in [0.25, 0.3) is 0 Å². The molecule has 0 aromatic heterocycles. The first-order valence-electron chi connectivity index (χ1n) is 3.75. The van der Waals surface area contributed by atoms with Gasteiger partial charge in [-0.3, -0.25) is 0 Å². The number of hydrogen-bond acceptors (Lipinski definition) is 1. The quantitative estimate of drug-likeness (QED) is 0.630. The van der Waals surface area contributed by atoms with Crippen LogP contribution in [-0.2, 0) is 0 Å². The maximum absolute atomic E-state index is 5.62. The van der Waals surface area contributed by atoms with Crippen LogP contribution in [0.4, 0.5) is 0 Å². The van der Waals surface area contributed by atoms with Crippen molar-refractivity contribution in [3.8, 4) is 0 Å². The van der Waals surface area contributed by atoms with E-state index in [2.05, 4.69) is 33.0 Å². The van der Waals surface area contributed by atoms with Gasteiger partial charge in [-0.15, -0.1) is 11.6 Å². The zero-order valence-electron chi connectivity index (χ0n) is 7.37. The topological polar surface area (TPSA) is 12.0 Å². The molecule has 0 spiro atoms. The highest BCUT2D eigenvalue weighted by molar-refractivity contribution is 6.18. The Balaban J connectivity index is 3.36. The second-order valence-corrected chi connectivity index (χ2v) is 4.31. The van der Waals surface area contributed by atoms with E-state index in [0.29, 0.717) is 17.3 Å². The molecular weight excluding hydrogens is 146 g/mol. The van der Waals surface area contributed by atoms with Gasteiger partial charge in [-0.25, -0.2) is 0 Å². The Morgan fingerprint density at radius 3 is 2.20 bits per heavy atom. The molecule has 0 saturated heterocycles. The third kappa shape index (κ3) is 6.37. The molecule has 0 saturated carbocycles. The lowest BCUT2D eigenvalue weighted by atomic mass is 9.97. The zero-order valence-corrected chi connectivity index (χ0v) is 8.13. The predicted octanol–water partition coefficient (Wildman–Crippen LogP) is 2.25. The third-order valence-corrected chi connectivity index (χ3v) is 1.68. The van der Waals surface area contributed by atoms with E-state index < -0.39 is 0 Å². The molecule has 0 heterocycles. The Kier molecular flexibility index (Phi) is 4.30. The van der Waals surface area contributed by atoms with Gasteiger partial charge in [-0.05, 0) is 12.3 Å². The van der Waals surface area contributed by atoms with Crippen LogP contribution in [0.5, 0.6) is 0 Å². The lowest BCUT2D eigenvalue weighted by molar-refractivity contribution is 0.364. The molecule has 0 aliphatic carbocycles. The fourth-order valence-electron chi connectivity index (χ4n) is 0.535. The van der Waals surface area contributed by atoms with Crippen LogP contribution in [0.1, 0.15) is 27.7 Å². The van der Waals surface area contributed by atoms with Crippen LogP contribution < -0.4 is 5.32 Å². The minimum atomic E-state index is 0.361. The van der Waals surface area contributed by atoms with Gasteiger partial charge in [0.2, 0.25) is 0 Å². The fraction of sp³-hybridized carbons (Fsp3) is 1.00. The highest BCUT2D eigenvalue weighted by Gasteiger charge is 2.10. The van der Waals surface area contributed by atoms with Crippen molar-refractivity contribution < 1.29 is 0 Å². The number of nitrogens with one attached hydrogen (secondary N) is 1. The molecule has 2 heteroatoms. The monoisotopic (exact) mass is 163 g/mol. The molecule has 10 heavy (non-hydrogen) atoms. The lowest BCUT2D eigenvalue weighted by Gasteiger charge is -2.21. The van der Waals surface area contributed by atoms with E-state index in [4.69, 9.17) is 11.6 Å². The van der Waals surface area contributed by atoms with Gasteiger partial charge in [-0.2, -0.15) is 0 Å². The summed E-state index contributed by atoms with van der Waals surface area (Å²) in [5.41, 5.74) is 0.361. The van der Waals surface area contributed by atoms with Crippen molar-refractivity contribution in [2.75, 3.05) is 12.4 Å². The molecule has 0 fully saturated rings. The summed E-state index contributed by atoms with van der Waals surface area (Å²) in [5.74, 6) is 0.691. The fourth-order valence-corrected chi connectivity index (χ4v) is 0.644. The predicted molar refractivity (Wildman–Crippen MR) is 47.6 cm³/mol. The summed E-state index contributed by atoms with van der Waals surface area (Å²) in [6.45, 7) is 9.75. The molecule has 1 nitrogen and oxygen atoms in total. The molecule has 62 valence electrons. The second kappa shape index (κ2) is 4.20. The molecule has 0 aromatic rings. The van der Waals surface area contributed by atoms with Crippen molar-refractivity contribution in [1.82, 2.24) is 5.32 Å². The average molecular weight is 164 g/mol. The molecule has 0 radical (unpaired) electrons. The summed E-state index contributed by atoms with van der Waals surface area (Å²) < 4.78 is 0. The Bertz CT molecular complexity index is 85.7. The third-order valence-electron chi connectivity index (χ3n) is 1.21. The Hall–Kier alpha value is 0.250. The molecule has 0 amide bonds. The van der Waals surface area contributed by atoms with Gasteiger partial charge >= 0.3 is 0 Å². The standard InChI is InChI=1S/C8H18ClN/c1-7(5-9)10-6-8(2,3)4/h7,10H,5-6H2,1-4H3. The SMILES string of the molecule is CC(CCl)NCC(C)(C)C. The van der Waals surface area contributed by atoms with E-state index in [-0.39, 0.29) is 0 Å². The lowest BCUT2D eigenvalue weighted by Crippen LogP contribution is -2.34. The number of alkyl halides is 1. The van der Waals surface area contributed by atoms with Crippen LogP contribution in [0.15, 0.2) is 0 Å². The van der Waals surface area contributed by atoms with Gasteiger partial charge < -0.3 is 5.32 Å². The van der Waals surface area contributed by atoms with Crippen LogP contribution in [0.2, 0.25) is 0 Å². The summed E-state index contributed by atoms with van der Waals surface area (Å²) >= 11 is 5.62. The van der Waals surface area contributed by atoms with Crippen molar-refractivity contribution in [3.05, 3.63) is 0 Å². The van der Waals surface area contributed by atoms with E-state index in [1.807, 2.05) is 0 Å². The summed E-state index contributed by atoms with van der Waals surface area (Å²) in [5, 5.41) is 3.34. The maximum atomic E-state index is 5.62. The second-order valence-electron chi connectivity index (χ2n) is 4.00. The van der Waals surface area contributed by atoms with Crippen molar-refractivity contribution in [2.45, 2.75) is 33.7 Å². The summed E-state index contributed by atoms with van der Waals surface area (Å²) in [6, 6.07) is 0.431. The van der Waals surface area contributed by atoms with Crippen LogP contribution >= 0.6 is 11.6 Å². The van der Waals surface area contributed by atoms with Gasteiger partial charge in [0.1, 0.15) is 0 Å². The first-order chi connectivity index (χ1) is 4.45. The number of rotatable bonds is 3. The molecule has 1 N–H and O–H groups in total. The van der Waals surface area contributed by atoms with Crippen LogP contribution in [-0.4, -0.2) is 18.5 Å². The molecule has 1 unspecified atom stereocenters. The number of hydrogen-bond donors (Lipinski definition) is 1. The maximum Gasteiger partial charge on any atom is 0.0374 e. The van der Waals surface area contributed by atoms with E-state index in [9.17, 15) is 0 Å². The smallest absolute Gasteiger partial charge is 0.0374 e. The minimum Gasteiger partial charge on any atom is -0.313 e. The average Bonchev–Trinajstić information content (AvgIpc) is 1.81. The number of halogens is 1. The van der Waals surface area contributed by atoms with Crippen LogP contribution in [0.25, 0.3) is 0 Å². The van der Waals surface area contributed by atoms with Crippen LogP contribution in [0.3, 0.4) is 0 Å². The molecule has 0 aliphatic heterocycles. The Morgan fingerprint density at radius 1 is 1.40 bits per heavy atom. The van der Waals surface area contributed by atoms with Crippen molar-refractivity contribution in [1.29, 1.82) is 0 Å². The van der Waals surface area contributed by atoms with Crippen LogP contribution in [0, 0.1) is 5.41 Å². The molecule has 0 bridgehead atoms. The van der Waals surface area contributed by atoms with Crippen molar-refractivity contribution in [3.63, 3.8) is 0 Å². The highest BCUT2D eigenvalue weighted by atomic mass is 35.5. The van der Waals surface area contributed by atoms with E-state index >= 15 is 0 Å². The molecule has 0 rings (SSSR count).